The molecule has 0 bridgehead atoms. The van der Waals surface area contributed by atoms with Crippen molar-refractivity contribution < 1.29 is 0 Å². The Morgan fingerprint density at radius 2 is 1.90 bits per heavy atom. The van der Waals surface area contributed by atoms with Gasteiger partial charge in [0.2, 0.25) is 0 Å². The predicted octanol–water partition coefficient (Wildman–Crippen LogP) is 4.58. The van der Waals surface area contributed by atoms with Crippen molar-refractivity contribution in [3.8, 4) is 0 Å². The molecule has 20 heavy (non-hydrogen) atoms. The fourth-order valence-electron chi connectivity index (χ4n) is 2.39. The molecule has 0 aromatic heterocycles. The molecule has 0 amide bonds. The van der Waals surface area contributed by atoms with Crippen molar-refractivity contribution in [1.29, 1.82) is 0 Å². The molecule has 2 nitrogen and oxygen atoms in total. The molecule has 1 atom stereocenters. The fourth-order valence-corrected chi connectivity index (χ4v) is 3.28. The van der Waals surface area contributed by atoms with Gasteiger partial charge in [-0.15, -0.1) is 31.4 Å². The third-order valence-electron chi connectivity index (χ3n) is 3.30. The molecule has 1 fully saturated rings. The molecule has 1 heterocycles. The molecule has 0 saturated carbocycles. The SMILES string of the molecule is C=CC[C@@H](c1cc(Br)ccc1Br)N1CCNCC1.Cl.Cl. The molecule has 1 aliphatic heterocycles. The molecule has 2 rings (SSSR count). The minimum Gasteiger partial charge on any atom is -0.314 e. The maximum atomic E-state index is 3.90. The van der Waals surface area contributed by atoms with Crippen LogP contribution in [0.3, 0.4) is 0 Å². The molecule has 114 valence electrons. The number of nitrogens with one attached hydrogen (secondary N) is 1. The summed E-state index contributed by atoms with van der Waals surface area (Å²) in [6.45, 7) is 8.23. The number of piperazine rings is 1. The Morgan fingerprint density at radius 3 is 2.50 bits per heavy atom. The number of benzene rings is 1. The summed E-state index contributed by atoms with van der Waals surface area (Å²) in [6, 6.07) is 6.80. The topological polar surface area (TPSA) is 15.3 Å². The molecular formula is C14H20Br2Cl2N2. The molecular weight excluding hydrogens is 427 g/mol. The lowest BCUT2D eigenvalue weighted by molar-refractivity contribution is 0.174. The quantitative estimate of drug-likeness (QED) is 0.681. The van der Waals surface area contributed by atoms with Crippen LogP contribution in [-0.4, -0.2) is 31.1 Å². The molecule has 0 spiro atoms. The van der Waals surface area contributed by atoms with E-state index in [-0.39, 0.29) is 24.8 Å². The lowest BCUT2D eigenvalue weighted by atomic mass is 10.0. The van der Waals surface area contributed by atoms with E-state index >= 15 is 0 Å². The minimum absolute atomic E-state index is 0. The highest BCUT2D eigenvalue weighted by Gasteiger charge is 2.22. The van der Waals surface area contributed by atoms with Crippen LogP contribution in [-0.2, 0) is 0 Å². The number of halogens is 4. The standard InChI is InChI=1S/C14H18Br2N2.2ClH/c1-2-3-14(18-8-6-17-7-9-18)12-10-11(15)4-5-13(12)16;;/h2,4-5,10,14,17H,1,3,6-9H2;2*1H/t14-;;/m0../s1. The Kier molecular flexibility index (Phi) is 10.4. The third-order valence-corrected chi connectivity index (χ3v) is 4.51. The monoisotopic (exact) mass is 444 g/mol. The summed E-state index contributed by atoms with van der Waals surface area (Å²) in [5.41, 5.74) is 1.34. The zero-order valence-corrected chi connectivity index (χ0v) is 16.0. The van der Waals surface area contributed by atoms with Gasteiger partial charge in [-0.1, -0.05) is 37.9 Å². The van der Waals surface area contributed by atoms with Crippen molar-refractivity contribution in [1.82, 2.24) is 10.2 Å². The van der Waals surface area contributed by atoms with Crippen LogP contribution in [0.2, 0.25) is 0 Å². The van der Waals surface area contributed by atoms with Crippen molar-refractivity contribution in [3.63, 3.8) is 0 Å². The zero-order valence-electron chi connectivity index (χ0n) is 11.1. The van der Waals surface area contributed by atoms with E-state index in [9.17, 15) is 0 Å². The summed E-state index contributed by atoms with van der Waals surface area (Å²) in [5, 5.41) is 3.40. The van der Waals surface area contributed by atoms with Crippen LogP contribution >= 0.6 is 56.7 Å². The molecule has 0 radical (unpaired) electrons. The average molecular weight is 447 g/mol. The van der Waals surface area contributed by atoms with E-state index in [2.05, 4.69) is 66.9 Å². The fraction of sp³-hybridized carbons (Fsp3) is 0.429. The number of nitrogens with zero attached hydrogens (tertiary/aromatic N) is 1. The lowest BCUT2D eigenvalue weighted by Gasteiger charge is -2.35. The van der Waals surface area contributed by atoms with E-state index in [4.69, 9.17) is 0 Å². The van der Waals surface area contributed by atoms with Crippen LogP contribution in [0, 0.1) is 0 Å². The van der Waals surface area contributed by atoms with Crippen LogP contribution in [0.25, 0.3) is 0 Å². The van der Waals surface area contributed by atoms with Crippen LogP contribution in [0.1, 0.15) is 18.0 Å². The van der Waals surface area contributed by atoms with Gasteiger partial charge in [-0.3, -0.25) is 4.90 Å². The summed E-state index contributed by atoms with van der Waals surface area (Å²) in [4.78, 5) is 2.53. The average Bonchev–Trinajstić information content (AvgIpc) is 2.40. The van der Waals surface area contributed by atoms with Crippen molar-refractivity contribution >= 4 is 56.7 Å². The first-order chi connectivity index (χ1) is 8.72. The third kappa shape index (κ3) is 5.32. The van der Waals surface area contributed by atoms with Crippen molar-refractivity contribution in [3.05, 3.63) is 45.4 Å². The van der Waals surface area contributed by atoms with Crippen LogP contribution in [0.15, 0.2) is 39.8 Å². The Morgan fingerprint density at radius 1 is 1.25 bits per heavy atom. The van der Waals surface area contributed by atoms with Gasteiger partial charge in [-0.2, -0.15) is 0 Å². The second kappa shape index (κ2) is 10.2. The summed E-state index contributed by atoms with van der Waals surface area (Å²) < 4.78 is 2.31. The zero-order chi connectivity index (χ0) is 13.0. The van der Waals surface area contributed by atoms with Gasteiger partial charge in [-0.25, -0.2) is 0 Å². The molecule has 0 unspecified atom stereocenters. The van der Waals surface area contributed by atoms with Gasteiger partial charge < -0.3 is 5.32 Å². The number of hydrogen-bond donors (Lipinski definition) is 1. The molecule has 1 aromatic rings. The van der Waals surface area contributed by atoms with E-state index in [0.29, 0.717) is 6.04 Å². The maximum absolute atomic E-state index is 3.90. The van der Waals surface area contributed by atoms with Crippen molar-refractivity contribution in [2.45, 2.75) is 12.5 Å². The normalized spacial score (nSPS) is 16.7. The Labute approximate surface area is 150 Å². The molecule has 1 saturated heterocycles. The van der Waals surface area contributed by atoms with E-state index in [1.54, 1.807) is 0 Å². The van der Waals surface area contributed by atoms with Gasteiger partial charge in [0.25, 0.3) is 0 Å². The van der Waals surface area contributed by atoms with Gasteiger partial charge in [-0.05, 0) is 30.2 Å². The summed E-state index contributed by atoms with van der Waals surface area (Å²) >= 11 is 7.23. The number of hydrogen-bond acceptors (Lipinski definition) is 2. The van der Waals surface area contributed by atoms with Crippen molar-refractivity contribution in [2.24, 2.45) is 0 Å². The van der Waals surface area contributed by atoms with E-state index in [1.165, 1.54) is 10.0 Å². The van der Waals surface area contributed by atoms with Crippen LogP contribution in [0.4, 0.5) is 0 Å². The van der Waals surface area contributed by atoms with Crippen molar-refractivity contribution in [2.75, 3.05) is 26.2 Å². The first kappa shape index (κ1) is 20.4. The predicted molar refractivity (Wildman–Crippen MR) is 98.3 cm³/mol. The largest absolute Gasteiger partial charge is 0.314 e. The first-order valence-electron chi connectivity index (χ1n) is 6.23. The van der Waals surface area contributed by atoms with Gasteiger partial charge in [0, 0.05) is 41.2 Å². The lowest BCUT2D eigenvalue weighted by Crippen LogP contribution is -2.45. The van der Waals surface area contributed by atoms with Gasteiger partial charge in [0.1, 0.15) is 0 Å². The Bertz CT molecular complexity index is 424. The second-order valence-corrected chi connectivity index (χ2v) is 6.26. The Hall–Kier alpha value is 0.420. The highest BCUT2D eigenvalue weighted by Crippen LogP contribution is 2.33. The van der Waals surface area contributed by atoms with Crippen LogP contribution < -0.4 is 5.32 Å². The number of rotatable bonds is 4. The van der Waals surface area contributed by atoms with Gasteiger partial charge in [0.05, 0.1) is 0 Å². The molecule has 1 aliphatic rings. The van der Waals surface area contributed by atoms with Gasteiger partial charge >= 0.3 is 0 Å². The van der Waals surface area contributed by atoms with E-state index < -0.39 is 0 Å². The second-order valence-electron chi connectivity index (χ2n) is 4.49. The summed E-state index contributed by atoms with van der Waals surface area (Å²) in [6.07, 6.45) is 3.00. The van der Waals surface area contributed by atoms with Gasteiger partial charge in [0.15, 0.2) is 0 Å². The first-order valence-corrected chi connectivity index (χ1v) is 7.81. The van der Waals surface area contributed by atoms with E-state index in [1.807, 2.05) is 6.08 Å². The summed E-state index contributed by atoms with van der Waals surface area (Å²) in [5.74, 6) is 0. The van der Waals surface area contributed by atoms with Crippen LogP contribution in [0.5, 0.6) is 0 Å². The minimum atomic E-state index is 0. The highest BCUT2D eigenvalue weighted by molar-refractivity contribution is 9.11. The smallest absolute Gasteiger partial charge is 0.0395 e. The maximum Gasteiger partial charge on any atom is 0.0395 e. The molecule has 0 aliphatic carbocycles. The molecule has 6 heteroatoms. The Balaban J connectivity index is 0.00000180. The highest BCUT2D eigenvalue weighted by atomic mass is 79.9. The molecule has 1 aromatic carbocycles. The molecule has 1 N–H and O–H groups in total. The van der Waals surface area contributed by atoms with E-state index in [0.717, 1.165) is 37.1 Å². The summed E-state index contributed by atoms with van der Waals surface area (Å²) in [7, 11) is 0.